The van der Waals surface area contributed by atoms with E-state index >= 15 is 0 Å². The lowest BCUT2D eigenvalue weighted by atomic mass is 10.9. The summed E-state index contributed by atoms with van der Waals surface area (Å²) in [5, 5.41) is 0. The molecule has 0 saturated heterocycles. The van der Waals surface area contributed by atoms with Crippen LogP contribution < -0.4 is 0 Å². The van der Waals surface area contributed by atoms with Crippen LogP contribution in [-0.4, -0.2) is 32.3 Å². The van der Waals surface area contributed by atoms with Crippen LogP contribution >= 0.6 is 16.1 Å². The summed E-state index contributed by atoms with van der Waals surface area (Å²) >= 11 is 0. The first-order valence-corrected chi connectivity index (χ1v) is 6.69. The molecule has 0 unspecified atom stereocenters. The molecule has 7 nitrogen and oxygen atoms in total. The summed E-state index contributed by atoms with van der Waals surface area (Å²) in [5.41, 5.74) is 0. The number of hydrogen-bond donors (Lipinski definition) is 1. The molecule has 0 spiro atoms. The van der Waals surface area contributed by atoms with Crippen LogP contribution in [0.5, 0.6) is 0 Å². The van der Waals surface area contributed by atoms with Crippen molar-refractivity contribution in [1.29, 1.82) is 0 Å². The van der Waals surface area contributed by atoms with Gasteiger partial charge in [-0.3, -0.25) is 9.05 Å². The molecule has 0 fully saturated rings. The lowest BCUT2D eigenvalue weighted by molar-refractivity contribution is 0.204. The number of rotatable bonds is 6. The highest BCUT2D eigenvalue weighted by Crippen LogP contribution is 2.40. The third kappa shape index (κ3) is 14.1. The summed E-state index contributed by atoms with van der Waals surface area (Å²) < 4.78 is 37.5. The number of phosphoric ester groups is 1. The molecular weight excluding hydrogens is 246 g/mol. The highest BCUT2D eigenvalue weighted by Gasteiger charge is 2.15. The summed E-state index contributed by atoms with van der Waals surface area (Å²) in [6.45, 7) is 4.42. The Bertz CT molecular complexity index is 192. The average molecular weight is 263 g/mol. The fourth-order valence-electron chi connectivity index (χ4n) is 0.323. The standard InChI is InChI=1S/C4H10O3P.C2H7O4P/c1-3-6-8(5)7-4-2;1-5-7(3,4)6-2/h3-4H2,1-2H3;1-2H3,(H,3,4)/q+1;. The van der Waals surface area contributed by atoms with E-state index in [1.54, 1.807) is 13.8 Å². The van der Waals surface area contributed by atoms with E-state index in [1.807, 2.05) is 0 Å². The number of phosphoric acid groups is 1. The quantitative estimate of drug-likeness (QED) is 0.733. The Morgan fingerprint density at radius 3 is 1.60 bits per heavy atom. The molecule has 0 saturated carbocycles. The van der Waals surface area contributed by atoms with Gasteiger partial charge in [-0.05, 0) is 13.8 Å². The first kappa shape index (κ1) is 17.5. The third-order valence-corrected chi connectivity index (χ3v) is 2.79. The van der Waals surface area contributed by atoms with Crippen LogP contribution in [0.15, 0.2) is 0 Å². The van der Waals surface area contributed by atoms with E-state index in [-0.39, 0.29) is 0 Å². The Labute approximate surface area is 90.2 Å². The molecule has 0 aromatic carbocycles. The lowest BCUT2D eigenvalue weighted by Gasteiger charge is -2.01. The zero-order chi connectivity index (χ0) is 12.3. The van der Waals surface area contributed by atoms with Gasteiger partial charge in [-0.1, -0.05) is 0 Å². The van der Waals surface area contributed by atoms with Crippen LogP contribution in [0.3, 0.4) is 0 Å². The summed E-state index contributed by atoms with van der Waals surface area (Å²) in [4.78, 5) is 8.24. The van der Waals surface area contributed by atoms with Crippen LogP contribution in [-0.2, 0) is 27.2 Å². The van der Waals surface area contributed by atoms with Crippen molar-refractivity contribution in [2.24, 2.45) is 0 Å². The van der Waals surface area contributed by atoms with E-state index in [2.05, 4.69) is 18.1 Å². The van der Waals surface area contributed by atoms with Crippen LogP contribution in [0, 0.1) is 0 Å². The SMILES string of the molecule is CCO[P+](=O)OCC.COP(=O)(O)OC. The molecule has 0 aliphatic heterocycles. The van der Waals surface area contributed by atoms with Gasteiger partial charge in [-0.25, -0.2) is 4.57 Å². The third-order valence-electron chi connectivity index (χ3n) is 0.930. The van der Waals surface area contributed by atoms with Crippen LogP contribution in [0.2, 0.25) is 0 Å². The van der Waals surface area contributed by atoms with Crippen LogP contribution in [0.25, 0.3) is 0 Å². The molecular formula is C6H17O7P2+. The molecule has 0 aromatic heterocycles. The van der Waals surface area contributed by atoms with Crippen molar-refractivity contribution in [2.45, 2.75) is 13.8 Å². The highest BCUT2D eigenvalue weighted by molar-refractivity contribution is 7.47. The minimum absolute atomic E-state index is 0.440. The highest BCUT2D eigenvalue weighted by atomic mass is 31.2. The maximum atomic E-state index is 10.3. The molecule has 15 heavy (non-hydrogen) atoms. The zero-order valence-corrected chi connectivity index (χ0v) is 11.0. The molecule has 0 aromatic rings. The lowest BCUT2D eigenvalue weighted by Crippen LogP contribution is -1.83. The first-order chi connectivity index (χ1) is 6.93. The van der Waals surface area contributed by atoms with Crippen LogP contribution in [0.1, 0.15) is 13.8 Å². The minimum atomic E-state index is -3.65. The Kier molecular flexibility index (Phi) is 12.4. The molecule has 9 heteroatoms. The monoisotopic (exact) mass is 263 g/mol. The Balaban J connectivity index is 0. The van der Waals surface area contributed by atoms with Gasteiger partial charge in [0, 0.05) is 18.8 Å². The number of hydrogen-bond acceptors (Lipinski definition) is 6. The molecule has 1 N–H and O–H groups in total. The van der Waals surface area contributed by atoms with Crippen molar-refractivity contribution in [3.05, 3.63) is 0 Å². The van der Waals surface area contributed by atoms with Crippen molar-refractivity contribution in [3.8, 4) is 0 Å². The Morgan fingerprint density at radius 2 is 1.47 bits per heavy atom. The fraction of sp³-hybridized carbons (Fsp3) is 1.00. The summed E-state index contributed by atoms with van der Waals surface area (Å²) in [5.74, 6) is 0. The second-order valence-electron chi connectivity index (χ2n) is 1.89. The normalized spacial score (nSPS) is 10.5. The predicted molar refractivity (Wildman–Crippen MR) is 54.7 cm³/mol. The van der Waals surface area contributed by atoms with Crippen molar-refractivity contribution < 1.29 is 32.1 Å². The molecule has 0 aliphatic carbocycles. The van der Waals surface area contributed by atoms with E-state index in [1.165, 1.54) is 0 Å². The van der Waals surface area contributed by atoms with Gasteiger partial charge in [0.2, 0.25) is 0 Å². The molecule has 0 atom stereocenters. The summed E-state index contributed by atoms with van der Waals surface area (Å²) in [6.07, 6.45) is 0. The van der Waals surface area contributed by atoms with Gasteiger partial charge in [0.05, 0.1) is 0 Å². The largest absolute Gasteiger partial charge is 0.697 e. The minimum Gasteiger partial charge on any atom is -0.303 e. The second-order valence-corrected chi connectivity index (χ2v) is 4.52. The zero-order valence-electron chi connectivity index (χ0n) is 9.21. The molecule has 0 aliphatic rings. The van der Waals surface area contributed by atoms with Gasteiger partial charge < -0.3 is 4.89 Å². The molecule has 92 valence electrons. The Morgan fingerprint density at radius 1 is 1.13 bits per heavy atom. The predicted octanol–water partition coefficient (Wildman–Crippen LogP) is 2.10. The van der Waals surface area contributed by atoms with Gasteiger partial charge in [-0.15, -0.1) is 9.05 Å². The van der Waals surface area contributed by atoms with Gasteiger partial charge in [-0.2, -0.15) is 0 Å². The van der Waals surface area contributed by atoms with Crippen molar-refractivity contribution >= 4 is 16.1 Å². The summed E-state index contributed by atoms with van der Waals surface area (Å²) in [6, 6.07) is 0. The van der Waals surface area contributed by atoms with Crippen molar-refractivity contribution in [3.63, 3.8) is 0 Å². The topological polar surface area (TPSA) is 91.3 Å². The van der Waals surface area contributed by atoms with E-state index in [9.17, 15) is 9.13 Å². The van der Waals surface area contributed by atoms with Gasteiger partial charge in [0.1, 0.15) is 13.2 Å². The average Bonchev–Trinajstić information content (AvgIpc) is 2.20. The van der Waals surface area contributed by atoms with E-state index in [0.29, 0.717) is 13.2 Å². The van der Waals surface area contributed by atoms with Gasteiger partial charge in [0.15, 0.2) is 0 Å². The summed E-state index contributed by atoms with van der Waals surface area (Å²) in [7, 11) is -3.28. The van der Waals surface area contributed by atoms with Crippen LogP contribution in [0.4, 0.5) is 0 Å². The van der Waals surface area contributed by atoms with Crippen molar-refractivity contribution in [1.82, 2.24) is 0 Å². The molecule has 0 rings (SSSR count). The maximum Gasteiger partial charge on any atom is 0.697 e. The van der Waals surface area contributed by atoms with Crippen molar-refractivity contribution in [2.75, 3.05) is 27.4 Å². The molecule has 0 bridgehead atoms. The molecule has 0 amide bonds. The van der Waals surface area contributed by atoms with Gasteiger partial charge in [0.25, 0.3) is 0 Å². The maximum absolute atomic E-state index is 10.3. The Hall–Kier alpha value is 0.130. The van der Waals surface area contributed by atoms with E-state index < -0.39 is 16.1 Å². The second kappa shape index (κ2) is 10.6. The molecule has 0 radical (unpaired) electrons. The van der Waals surface area contributed by atoms with Gasteiger partial charge >= 0.3 is 16.1 Å². The van der Waals surface area contributed by atoms with E-state index in [0.717, 1.165) is 14.2 Å². The molecule has 0 heterocycles. The fourth-order valence-corrected chi connectivity index (χ4v) is 0.968. The first-order valence-electron chi connectivity index (χ1n) is 4.10. The van der Waals surface area contributed by atoms with E-state index in [4.69, 9.17) is 4.89 Å². The smallest absolute Gasteiger partial charge is 0.303 e.